The fourth-order valence-electron chi connectivity index (χ4n) is 4.02. The number of allylic oxidation sites excluding steroid dienone is 3. The van der Waals surface area contributed by atoms with E-state index in [9.17, 15) is 5.11 Å². The van der Waals surface area contributed by atoms with Crippen molar-refractivity contribution in [2.75, 3.05) is 0 Å². The second kappa shape index (κ2) is 6.73. The zero-order valence-electron chi connectivity index (χ0n) is 14.7. The zero-order valence-corrected chi connectivity index (χ0v) is 14.7. The molecule has 0 bridgehead atoms. The Balaban J connectivity index is 2.49. The van der Waals surface area contributed by atoms with Crippen LogP contribution in [0, 0.1) is 11.3 Å². The molecule has 0 heterocycles. The van der Waals surface area contributed by atoms with Gasteiger partial charge in [-0.3, -0.25) is 0 Å². The highest BCUT2D eigenvalue weighted by atomic mass is 16.3. The van der Waals surface area contributed by atoms with Gasteiger partial charge in [-0.1, -0.05) is 62.6 Å². The van der Waals surface area contributed by atoms with Crippen molar-refractivity contribution < 1.29 is 5.11 Å². The third-order valence-corrected chi connectivity index (χ3v) is 5.86. The van der Waals surface area contributed by atoms with Crippen molar-refractivity contribution in [3.05, 3.63) is 58.4 Å². The lowest BCUT2D eigenvalue weighted by atomic mass is 9.59. The molecular formula is C21H30O. The first-order valence-corrected chi connectivity index (χ1v) is 8.56. The van der Waals surface area contributed by atoms with E-state index >= 15 is 0 Å². The molecule has 0 spiro atoms. The maximum absolute atomic E-state index is 10.4. The molecule has 0 aliphatic heterocycles. The van der Waals surface area contributed by atoms with Crippen LogP contribution in [0.15, 0.2) is 52.8 Å². The van der Waals surface area contributed by atoms with Crippen molar-refractivity contribution in [3.63, 3.8) is 0 Å². The van der Waals surface area contributed by atoms with Gasteiger partial charge in [0, 0.05) is 5.41 Å². The van der Waals surface area contributed by atoms with Crippen molar-refractivity contribution in [2.45, 2.75) is 60.3 Å². The van der Waals surface area contributed by atoms with Crippen LogP contribution in [0.4, 0.5) is 0 Å². The normalized spacial score (nSPS) is 25.8. The summed E-state index contributed by atoms with van der Waals surface area (Å²) in [5.41, 5.74) is 5.14. The number of aliphatic hydroxyl groups is 1. The van der Waals surface area contributed by atoms with E-state index < -0.39 is 0 Å². The second-order valence-corrected chi connectivity index (χ2v) is 6.93. The molecule has 2 rings (SSSR count). The molecule has 1 heteroatoms. The van der Waals surface area contributed by atoms with Crippen LogP contribution in [-0.2, 0) is 6.42 Å². The van der Waals surface area contributed by atoms with Crippen molar-refractivity contribution >= 4 is 0 Å². The highest BCUT2D eigenvalue weighted by molar-refractivity contribution is 5.43. The van der Waals surface area contributed by atoms with E-state index in [1.807, 2.05) is 0 Å². The number of unbranched alkanes of at least 4 members (excludes halogenated alkanes) is 1. The van der Waals surface area contributed by atoms with Gasteiger partial charge in [0.1, 0.15) is 5.76 Å². The minimum absolute atomic E-state index is 0.137. The molecule has 0 fully saturated rings. The summed E-state index contributed by atoms with van der Waals surface area (Å²) >= 11 is 0. The first-order chi connectivity index (χ1) is 10.4. The Bertz CT molecular complexity index is 579. The van der Waals surface area contributed by atoms with Gasteiger partial charge < -0.3 is 5.11 Å². The number of hydrogen-bond acceptors (Lipinski definition) is 1. The summed E-state index contributed by atoms with van der Waals surface area (Å²) < 4.78 is 0. The molecule has 2 unspecified atom stereocenters. The molecule has 0 amide bonds. The lowest BCUT2D eigenvalue weighted by Crippen LogP contribution is -2.37. The standard InChI is InChI=1S/C21H30O/c1-6-7-13-21(14-19-11-9-8-10-12-19)17(4)15(2)20(22)16(3)18(21)5/h8-12,17,22H,6-7,13-14H2,1-5H3. The minimum atomic E-state index is 0.137. The van der Waals surface area contributed by atoms with E-state index in [0.29, 0.717) is 11.7 Å². The van der Waals surface area contributed by atoms with Crippen molar-refractivity contribution in [1.29, 1.82) is 0 Å². The van der Waals surface area contributed by atoms with E-state index in [1.165, 1.54) is 30.4 Å². The summed E-state index contributed by atoms with van der Waals surface area (Å²) in [6, 6.07) is 10.8. The van der Waals surface area contributed by atoms with Crippen LogP contribution in [0.2, 0.25) is 0 Å². The number of rotatable bonds is 5. The van der Waals surface area contributed by atoms with Gasteiger partial charge >= 0.3 is 0 Å². The maximum atomic E-state index is 10.4. The van der Waals surface area contributed by atoms with Crippen molar-refractivity contribution in [1.82, 2.24) is 0 Å². The molecule has 2 atom stereocenters. The molecule has 1 aliphatic rings. The molecule has 1 N–H and O–H groups in total. The highest BCUT2D eigenvalue weighted by Gasteiger charge is 2.42. The average molecular weight is 298 g/mol. The first kappa shape index (κ1) is 16.9. The Kier molecular flexibility index (Phi) is 5.16. The SMILES string of the molecule is CCCCC1(Cc2ccccc2)C(C)=C(C)C(O)=C(C)C1C. The Morgan fingerprint density at radius 2 is 1.73 bits per heavy atom. The van der Waals surface area contributed by atoms with E-state index in [4.69, 9.17) is 0 Å². The Morgan fingerprint density at radius 1 is 1.09 bits per heavy atom. The highest BCUT2D eigenvalue weighted by Crippen LogP contribution is 2.51. The molecule has 0 radical (unpaired) electrons. The summed E-state index contributed by atoms with van der Waals surface area (Å²) in [7, 11) is 0. The largest absolute Gasteiger partial charge is 0.508 e. The van der Waals surface area contributed by atoms with Crippen LogP contribution >= 0.6 is 0 Å². The van der Waals surface area contributed by atoms with Gasteiger partial charge in [-0.15, -0.1) is 0 Å². The number of benzene rings is 1. The lowest BCUT2D eigenvalue weighted by molar-refractivity contribution is 0.209. The maximum Gasteiger partial charge on any atom is 0.117 e. The van der Waals surface area contributed by atoms with Gasteiger partial charge in [-0.2, -0.15) is 0 Å². The molecule has 1 aromatic carbocycles. The Morgan fingerprint density at radius 3 is 2.32 bits per heavy atom. The topological polar surface area (TPSA) is 20.2 Å². The van der Waals surface area contributed by atoms with Gasteiger partial charge in [0.15, 0.2) is 0 Å². The fourth-order valence-corrected chi connectivity index (χ4v) is 4.02. The third kappa shape index (κ3) is 2.86. The molecule has 1 aliphatic carbocycles. The van der Waals surface area contributed by atoms with Gasteiger partial charge in [0.2, 0.25) is 0 Å². The predicted octanol–water partition coefficient (Wildman–Crippen LogP) is 6.22. The summed E-state index contributed by atoms with van der Waals surface area (Å²) in [6.07, 6.45) is 4.69. The lowest BCUT2D eigenvalue weighted by Gasteiger charge is -2.45. The van der Waals surface area contributed by atoms with Crippen LogP contribution in [0.1, 0.15) is 59.4 Å². The molecule has 0 saturated heterocycles. The minimum Gasteiger partial charge on any atom is -0.508 e. The summed E-state index contributed by atoms with van der Waals surface area (Å²) in [4.78, 5) is 0. The Labute approximate surface area is 135 Å². The quantitative estimate of drug-likeness (QED) is 0.683. The van der Waals surface area contributed by atoms with Gasteiger partial charge in [-0.25, -0.2) is 0 Å². The molecule has 1 nitrogen and oxygen atoms in total. The molecule has 120 valence electrons. The summed E-state index contributed by atoms with van der Waals surface area (Å²) in [5, 5.41) is 10.4. The van der Waals surface area contributed by atoms with E-state index in [-0.39, 0.29) is 5.41 Å². The molecular weight excluding hydrogens is 268 g/mol. The Hall–Kier alpha value is -1.50. The van der Waals surface area contributed by atoms with Crippen LogP contribution in [0.25, 0.3) is 0 Å². The molecule has 0 aromatic heterocycles. The number of aliphatic hydroxyl groups excluding tert-OH is 1. The predicted molar refractivity (Wildman–Crippen MR) is 95.0 cm³/mol. The van der Waals surface area contributed by atoms with Crippen LogP contribution in [-0.4, -0.2) is 5.11 Å². The zero-order chi connectivity index (χ0) is 16.3. The van der Waals surface area contributed by atoms with E-state index in [1.54, 1.807) is 0 Å². The third-order valence-electron chi connectivity index (χ3n) is 5.86. The first-order valence-electron chi connectivity index (χ1n) is 8.56. The average Bonchev–Trinajstić information content (AvgIpc) is 2.55. The molecule has 1 aromatic rings. The monoisotopic (exact) mass is 298 g/mol. The van der Waals surface area contributed by atoms with Crippen LogP contribution < -0.4 is 0 Å². The smallest absolute Gasteiger partial charge is 0.117 e. The van der Waals surface area contributed by atoms with Crippen molar-refractivity contribution in [3.8, 4) is 0 Å². The van der Waals surface area contributed by atoms with E-state index in [0.717, 1.165) is 17.6 Å². The summed E-state index contributed by atoms with van der Waals surface area (Å²) in [6.45, 7) is 11.0. The fraction of sp³-hybridized carbons (Fsp3) is 0.524. The van der Waals surface area contributed by atoms with Gasteiger partial charge in [-0.05, 0) is 56.2 Å². The van der Waals surface area contributed by atoms with E-state index in [2.05, 4.69) is 65.0 Å². The van der Waals surface area contributed by atoms with Crippen LogP contribution in [0.5, 0.6) is 0 Å². The molecule has 0 saturated carbocycles. The van der Waals surface area contributed by atoms with Crippen molar-refractivity contribution in [2.24, 2.45) is 11.3 Å². The van der Waals surface area contributed by atoms with Gasteiger partial charge in [0.05, 0.1) is 0 Å². The second-order valence-electron chi connectivity index (χ2n) is 6.93. The van der Waals surface area contributed by atoms with Gasteiger partial charge in [0.25, 0.3) is 0 Å². The summed E-state index contributed by atoms with van der Waals surface area (Å²) in [5.74, 6) is 0.896. The number of hydrogen-bond donors (Lipinski definition) is 1. The molecule has 22 heavy (non-hydrogen) atoms. The van der Waals surface area contributed by atoms with Crippen LogP contribution in [0.3, 0.4) is 0 Å².